The molecule has 0 N–H and O–H groups in total. The summed E-state index contributed by atoms with van der Waals surface area (Å²) >= 11 is 0. The summed E-state index contributed by atoms with van der Waals surface area (Å²) in [6.07, 6.45) is 0. The van der Waals surface area contributed by atoms with E-state index in [9.17, 15) is 4.79 Å². The Morgan fingerprint density at radius 3 is 2.55 bits per heavy atom. The summed E-state index contributed by atoms with van der Waals surface area (Å²) in [5, 5.41) is 8.45. The molecule has 0 saturated heterocycles. The van der Waals surface area contributed by atoms with Crippen molar-refractivity contribution in [3.8, 4) is 0 Å². The molecule has 2 aromatic rings. The standard InChI is InChI=1S/C15H22N4O3/c1-8(2)14-16-12(18-22-14)7-19-11(5)13(10(4)17-19)9(3)15(20)21-6/h8-9H,7H2,1-6H3/t9-/m0/s1. The maximum absolute atomic E-state index is 11.8. The van der Waals surface area contributed by atoms with Crippen LogP contribution in [0.2, 0.25) is 0 Å². The Balaban J connectivity index is 2.27. The van der Waals surface area contributed by atoms with Crippen LogP contribution in [-0.2, 0) is 16.1 Å². The van der Waals surface area contributed by atoms with Gasteiger partial charge in [-0.25, -0.2) is 0 Å². The second-order valence-corrected chi connectivity index (χ2v) is 5.69. The molecule has 2 aromatic heterocycles. The minimum atomic E-state index is -0.352. The number of hydrogen-bond acceptors (Lipinski definition) is 6. The lowest BCUT2D eigenvalue weighted by molar-refractivity contribution is -0.142. The average Bonchev–Trinajstić information content (AvgIpc) is 3.04. The maximum Gasteiger partial charge on any atom is 0.312 e. The van der Waals surface area contributed by atoms with Crippen molar-refractivity contribution in [2.24, 2.45) is 0 Å². The molecule has 7 heteroatoms. The predicted molar refractivity (Wildman–Crippen MR) is 79.6 cm³/mol. The van der Waals surface area contributed by atoms with Gasteiger partial charge < -0.3 is 9.26 Å². The van der Waals surface area contributed by atoms with Gasteiger partial charge in [-0.05, 0) is 20.8 Å². The van der Waals surface area contributed by atoms with Crippen LogP contribution in [0.4, 0.5) is 0 Å². The topological polar surface area (TPSA) is 83.0 Å². The van der Waals surface area contributed by atoms with E-state index in [0.717, 1.165) is 17.0 Å². The van der Waals surface area contributed by atoms with Gasteiger partial charge in [0.15, 0.2) is 5.82 Å². The number of esters is 1. The Labute approximate surface area is 129 Å². The van der Waals surface area contributed by atoms with Gasteiger partial charge in [0.1, 0.15) is 6.54 Å². The first-order valence-electron chi connectivity index (χ1n) is 7.29. The molecule has 120 valence electrons. The molecule has 7 nitrogen and oxygen atoms in total. The molecular weight excluding hydrogens is 284 g/mol. The number of hydrogen-bond donors (Lipinski definition) is 0. The third-order valence-electron chi connectivity index (χ3n) is 3.69. The zero-order chi connectivity index (χ0) is 16.4. The lowest BCUT2D eigenvalue weighted by atomic mass is 9.99. The summed E-state index contributed by atoms with van der Waals surface area (Å²) in [6.45, 7) is 10.0. The fourth-order valence-electron chi connectivity index (χ4n) is 2.49. The fraction of sp³-hybridized carbons (Fsp3) is 0.600. The molecule has 0 saturated carbocycles. The normalized spacial score (nSPS) is 12.7. The zero-order valence-corrected chi connectivity index (χ0v) is 13.9. The molecule has 0 fully saturated rings. The van der Waals surface area contributed by atoms with E-state index in [-0.39, 0.29) is 17.8 Å². The molecule has 0 radical (unpaired) electrons. The van der Waals surface area contributed by atoms with Crippen molar-refractivity contribution in [2.75, 3.05) is 7.11 Å². The summed E-state index contributed by atoms with van der Waals surface area (Å²) in [6, 6.07) is 0. The van der Waals surface area contributed by atoms with E-state index < -0.39 is 0 Å². The van der Waals surface area contributed by atoms with E-state index in [4.69, 9.17) is 9.26 Å². The lowest BCUT2D eigenvalue weighted by Crippen LogP contribution is -2.13. The van der Waals surface area contributed by atoms with Gasteiger partial charge in [-0.1, -0.05) is 19.0 Å². The lowest BCUT2D eigenvalue weighted by Gasteiger charge is -2.10. The third kappa shape index (κ3) is 3.03. The number of methoxy groups -OCH3 is 1. The van der Waals surface area contributed by atoms with Gasteiger partial charge in [-0.3, -0.25) is 9.48 Å². The summed E-state index contributed by atoms with van der Waals surface area (Å²) in [4.78, 5) is 16.1. The summed E-state index contributed by atoms with van der Waals surface area (Å²) in [5.74, 6) is 0.755. The van der Waals surface area contributed by atoms with E-state index in [1.807, 2.05) is 34.6 Å². The van der Waals surface area contributed by atoms with E-state index in [2.05, 4.69) is 15.2 Å². The zero-order valence-electron chi connectivity index (χ0n) is 13.9. The van der Waals surface area contributed by atoms with Gasteiger partial charge in [-0.2, -0.15) is 10.1 Å². The second-order valence-electron chi connectivity index (χ2n) is 5.69. The van der Waals surface area contributed by atoms with E-state index >= 15 is 0 Å². The molecule has 1 atom stereocenters. The van der Waals surface area contributed by atoms with Gasteiger partial charge >= 0.3 is 5.97 Å². The number of rotatable bonds is 5. The molecule has 0 amide bonds. The SMILES string of the molecule is COC(=O)[C@@H](C)c1c(C)nn(Cc2noc(C(C)C)n2)c1C. The molecule has 0 spiro atoms. The van der Waals surface area contributed by atoms with E-state index in [0.29, 0.717) is 18.3 Å². The Morgan fingerprint density at radius 2 is 2.00 bits per heavy atom. The van der Waals surface area contributed by atoms with Crippen LogP contribution in [0, 0.1) is 13.8 Å². The first kappa shape index (κ1) is 16.2. The summed E-state index contributed by atoms with van der Waals surface area (Å²) in [7, 11) is 1.39. The Hall–Kier alpha value is -2.18. The van der Waals surface area contributed by atoms with Gasteiger partial charge in [0.05, 0.1) is 18.7 Å². The highest BCUT2D eigenvalue weighted by molar-refractivity contribution is 5.78. The molecule has 0 unspecified atom stereocenters. The van der Waals surface area contributed by atoms with Crippen LogP contribution in [0.5, 0.6) is 0 Å². The number of aromatic nitrogens is 4. The van der Waals surface area contributed by atoms with E-state index in [1.54, 1.807) is 4.68 Å². The third-order valence-corrected chi connectivity index (χ3v) is 3.69. The van der Waals surface area contributed by atoms with Crippen LogP contribution in [0.3, 0.4) is 0 Å². The molecule has 22 heavy (non-hydrogen) atoms. The van der Waals surface area contributed by atoms with Crippen molar-refractivity contribution in [1.29, 1.82) is 0 Å². The van der Waals surface area contributed by atoms with Crippen LogP contribution < -0.4 is 0 Å². The molecule has 0 aliphatic heterocycles. The molecular formula is C15H22N4O3. The number of carbonyl (C=O) groups is 1. The highest BCUT2D eigenvalue weighted by atomic mass is 16.5. The Bertz CT molecular complexity index is 672. The molecule has 0 aliphatic rings. The minimum Gasteiger partial charge on any atom is -0.469 e. The fourth-order valence-corrected chi connectivity index (χ4v) is 2.49. The quantitative estimate of drug-likeness (QED) is 0.788. The monoisotopic (exact) mass is 306 g/mol. The van der Waals surface area contributed by atoms with Crippen molar-refractivity contribution in [3.05, 3.63) is 28.7 Å². The highest BCUT2D eigenvalue weighted by Gasteiger charge is 2.24. The van der Waals surface area contributed by atoms with Crippen LogP contribution in [0.1, 0.15) is 61.3 Å². The number of nitrogens with zero attached hydrogens (tertiary/aromatic N) is 4. The Morgan fingerprint density at radius 1 is 1.32 bits per heavy atom. The van der Waals surface area contributed by atoms with Crippen LogP contribution in [0.25, 0.3) is 0 Å². The van der Waals surface area contributed by atoms with E-state index in [1.165, 1.54) is 7.11 Å². The summed E-state index contributed by atoms with van der Waals surface area (Å²) in [5.41, 5.74) is 2.61. The molecule has 0 aromatic carbocycles. The van der Waals surface area contributed by atoms with Gasteiger partial charge in [0.2, 0.25) is 5.89 Å². The number of aryl methyl sites for hydroxylation is 1. The molecule has 2 rings (SSSR count). The van der Waals surface area contributed by atoms with Gasteiger partial charge in [0, 0.05) is 17.2 Å². The van der Waals surface area contributed by atoms with Crippen molar-refractivity contribution < 1.29 is 14.1 Å². The van der Waals surface area contributed by atoms with Crippen LogP contribution in [-0.4, -0.2) is 33.0 Å². The van der Waals surface area contributed by atoms with Crippen LogP contribution >= 0.6 is 0 Å². The maximum atomic E-state index is 11.8. The smallest absolute Gasteiger partial charge is 0.312 e. The Kier molecular flexibility index (Phi) is 4.63. The van der Waals surface area contributed by atoms with Crippen molar-refractivity contribution in [1.82, 2.24) is 19.9 Å². The molecule has 0 bridgehead atoms. The second kappa shape index (κ2) is 6.29. The summed E-state index contributed by atoms with van der Waals surface area (Å²) < 4.78 is 11.8. The highest BCUT2D eigenvalue weighted by Crippen LogP contribution is 2.24. The van der Waals surface area contributed by atoms with Gasteiger partial charge in [-0.15, -0.1) is 0 Å². The van der Waals surface area contributed by atoms with Gasteiger partial charge in [0.25, 0.3) is 0 Å². The largest absolute Gasteiger partial charge is 0.469 e. The minimum absolute atomic E-state index is 0.191. The number of carbonyl (C=O) groups excluding carboxylic acids is 1. The predicted octanol–water partition coefficient (Wildman–Crippen LogP) is 2.33. The first-order chi connectivity index (χ1) is 10.3. The first-order valence-corrected chi connectivity index (χ1v) is 7.29. The molecule has 0 aliphatic carbocycles. The average molecular weight is 306 g/mol. The van der Waals surface area contributed by atoms with Crippen molar-refractivity contribution in [3.63, 3.8) is 0 Å². The van der Waals surface area contributed by atoms with Crippen LogP contribution in [0.15, 0.2) is 4.52 Å². The van der Waals surface area contributed by atoms with Crippen molar-refractivity contribution >= 4 is 5.97 Å². The number of ether oxygens (including phenoxy) is 1. The van der Waals surface area contributed by atoms with Crippen molar-refractivity contribution in [2.45, 2.75) is 53.0 Å². The molecule has 2 heterocycles.